The Morgan fingerprint density at radius 3 is 2.56 bits per heavy atom. The van der Waals surface area contributed by atoms with E-state index < -0.39 is 11.0 Å². The van der Waals surface area contributed by atoms with Crippen LogP contribution in [0.4, 0.5) is 11.5 Å². The van der Waals surface area contributed by atoms with Gasteiger partial charge in [0.05, 0.1) is 11.0 Å². The second-order valence-electron chi connectivity index (χ2n) is 5.43. The van der Waals surface area contributed by atoms with E-state index in [9.17, 15) is 15.2 Å². The van der Waals surface area contributed by atoms with Crippen molar-refractivity contribution in [1.29, 1.82) is 0 Å². The van der Waals surface area contributed by atoms with Gasteiger partial charge in [0.25, 0.3) is 0 Å². The van der Waals surface area contributed by atoms with Crippen molar-refractivity contribution in [2.75, 3.05) is 11.9 Å². The average Bonchev–Trinajstić information content (AvgIpc) is 2.48. The smallest absolute Gasteiger partial charge is 0.333 e. The summed E-state index contributed by atoms with van der Waals surface area (Å²) in [6.07, 6.45) is -0.604. The molecule has 1 aromatic rings. The number of nitrogens with zero attached hydrogens (tertiary/aromatic N) is 3. The molecule has 7 nitrogen and oxygen atoms in total. The normalized spacial score (nSPS) is 13.4. The van der Waals surface area contributed by atoms with Gasteiger partial charge in [0.2, 0.25) is 5.82 Å². The van der Waals surface area contributed by atoms with E-state index in [1.165, 1.54) is 4.68 Å². The molecule has 18 heavy (non-hydrogen) atoms. The second kappa shape index (κ2) is 4.93. The molecule has 0 radical (unpaired) electrons. The average molecular weight is 256 g/mol. The second-order valence-corrected chi connectivity index (χ2v) is 5.43. The van der Waals surface area contributed by atoms with Gasteiger partial charge in [0.1, 0.15) is 5.69 Å². The van der Waals surface area contributed by atoms with E-state index >= 15 is 0 Å². The predicted octanol–water partition coefficient (Wildman–Crippen LogP) is 1.46. The molecule has 1 unspecified atom stereocenters. The van der Waals surface area contributed by atoms with Gasteiger partial charge >= 0.3 is 5.69 Å². The summed E-state index contributed by atoms with van der Waals surface area (Å²) in [5.41, 5.74) is 0.0314. The molecule has 0 aliphatic rings. The lowest BCUT2D eigenvalue weighted by molar-refractivity contribution is -0.384. The number of aryl methyl sites for hydroxylation is 2. The Kier molecular flexibility index (Phi) is 3.95. The lowest BCUT2D eigenvalue weighted by Gasteiger charge is -2.26. The van der Waals surface area contributed by atoms with E-state index in [0.717, 1.165) is 0 Å². The lowest BCUT2D eigenvalue weighted by Crippen LogP contribution is -2.33. The molecule has 7 heteroatoms. The fourth-order valence-electron chi connectivity index (χ4n) is 1.56. The summed E-state index contributed by atoms with van der Waals surface area (Å²) in [6, 6.07) is 0. The Labute approximate surface area is 106 Å². The van der Waals surface area contributed by atoms with Crippen LogP contribution in [0.15, 0.2) is 0 Å². The molecular weight excluding hydrogens is 236 g/mol. The van der Waals surface area contributed by atoms with Gasteiger partial charge in [-0.1, -0.05) is 20.8 Å². The van der Waals surface area contributed by atoms with Gasteiger partial charge in [0.15, 0.2) is 0 Å². The molecule has 0 aliphatic heterocycles. The van der Waals surface area contributed by atoms with Crippen LogP contribution in [-0.2, 0) is 7.05 Å². The number of nitrogens with one attached hydrogen (secondary N) is 1. The minimum absolute atomic E-state index is 0.0430. The van der Waals surface area contributed by atoms with Gasteiger partial charge in [-0.3, -0.25) is 10.1 Å². The van der Waals surface area contributed by atoms with Crippen LogP contribution >= 0.6 is 0 Å². The van der Waals surface area contributed by atoms with Crippen LogP contribution in [0, 0.1) is 22.5 Å². The van der Waals surface area contributed by atoms with Gasteiger partial charge in [0, 0.05) is 13.6 Å². The Morgan fingerprint density at radius 1 is 1.56 bits per heavy atom. The summed E-state index contributed by atoms with van der Waals surface area (Å²) < 4.78 is 1.42. The Bertz CT molecular complexity index is 448. The van der Waals surface area contributed by atoms with Crippen molar-refractivity contribution in [3.63, 3.8) is 0 Å². The van der Waals surface area contributed by atoms with E-state index in [2.05, 4.69) is 10.4 Å². The first-order chi connectivity index (χ1) is 8.14. The monoisotopic (exact) mass is 256 g/mol. The van der Waals surface area contributed by atoms with E-state index in [1.807, 2.05) is 20.8 Å². The third-order valence-corrected chi connectivity index (χ3v) is 2.84. The van der Waals surface area contributed by atoms with Crippen LogP contribution in [0.2, 0.25) is 0 Å². The van der Waals surface area contributed by atoms with E-state index in [-0.39, 0.29) is 17.6 Å². The van der Waals surface area contributed by atoms with Crippen molar-refractivity contribution >= 4 is 11.5 Å². The van der Waals surface area contributed by atoms with Crippen LogP contribution in [0.25, 0.3) is 0 Å². The zero-order chi connectivity index (χ0) is 14.1. The van der Waals surface area contributed by atoms with E-state index in [1.54, 1.807) is 14.0 Å². The minimum atomic E-state index is -0.604. The highest BCUT2D eigenvalue weighted by Gasteiger charge is 2.26. The van der Waals surface area contributed by atoms with Crippen molar-refractivity contribution in [3.05, 3.63) is 15.8 Å². The van der Waals surface area contributed by atoms with E-state index in [4.69, 9.17) is 0 Å². The predicted molar refractivity (Wildman–Crippen MR) is 68.6 cm³/mol. The fraction of sp³-hybridized carbons (Fsp3) is 0.727. The third kappa shape index (κ3) is 2.98. The molecule has 0 fully saturated rings. The first-order valence-electron chi connectivity index (χ1n) is 5.74. The maximum Gasteiger partial charge on any atom is 0.333 e. The van der Waals surface area contributed by atoms with Crippen LogP contribution in [-0.4, -0.2) is 32.5 Å². The van der Waals surface area contributed by atoms with Crippen LogP contribution in [0.5, 0.6) is 0 Å². The number of hydrogen-bond acceptors (Lipinski definition) is 5. The first kappa shape index (κ1) is 14.4. The van der Waals surface area contributed by atoms with Crippen molar-refractivity contribution in [2.45, 2.75) is 33.8 Å². The van der Waals surface area contributed by atoms with Crippen molar-refractivity contribution in [2.24, 2.45) is 12.5 Å². The SMILES string of the molecule is Cc1nn(C)c(NCC(O)C(C)(C)C)c1[N+](=O)[O-]. The van der Waals surface area contributed by atoms with Crippen LogP contribution < -0.4 is 5.32 Å². The van der Waals surface area contributed by atoms with Crippen molar-refractivity contribution < 1.29 is 10.0 Å². The third-order valence-electron chi connectivity index (χ3n) is 2.84. The molecule has 0 bridgehead atoms. The van der Waals surface area contributed by atoms with E-state index in [0.29, 0.717) is 11.5 Å². The quantitative estimate of drug-likeness (QED) is 0.628. The molecule has 1 rings (SSSR count). The zero-order valence-electron chi connectivity index (χ0n) is 11.4. The lowest BCUT2D eigenvalue weighted by atomic mass is 9.89. The van der Waals surface area contributed by atoms with Crippen LogP contribution in [0.3, 0.4) is 0 Å². The number of anilines is 1. The molecule has 0 saturated heterocycles. The molecule has 1 aromatic heterocycles. The summed E-state index contributed by atoms with van der Waals surface area (Å²) in [7, 11) is 1.63. The molecule has 1 atom stereocenters. The molecule has 0 aromatic carbocycles. The summed E-state index contributed by atoms with van der Waals surface area (Å²) in [4.78, 5) is 10.5. The summed E-state index contributed by atoms with van der Waals surface area (Å²) >= 11 is 0. The highest BCUT2D eigenvalue weighted by Crippen LogP contribution is 2.28. The number of aliphatic hydroxyl groups excluding tert-OH is 1. The maximum atomic E-state index is 10.9. The Morgan fingerprint density at radius 2 is 2.11 bits per heavy atom. The molecular formula is C11H20N4O3. The fourth-order valence-corrected chi connectivity index (χ4v) is 1.56. The highest BCUT2D eigenvalue weighted by atomic mass is 16.6. The first-order valence-corrected chi connectivity index (χ1v) is 5.74. The van der Waals surface area contributed by atoms with Gasteiger partial charge in [-0.25, -0.2) is 4.68 Å². The molecule has 2 N–H and O–H groups in total. The minimum Gasteiger partial charge on any atom is -0.391 e. The molecule has 0 amide bonds. The van der Waals surface area contributed by atoms with Crippen molar-refractivity contribution in [1.82, 2.24) is 9.78 Å². The number of rotatable bonds is 4. The van der Waals surface area contributed by atoms with Crippen LogP contribution in [0.1, 0.15) is 26.5 Å². The van der Waals surface area contributed by atoms with Gasteiger partial charge in [-0.05, 0) is 12.3 Å². The summed E-state index contributed by atoms with van der Waals surface area (Å²) in [6.45, 7) is 7.54. The summed E-state index contributed by atoms with van der Waals surface area (Å²) in [5.74, 6) is 0.320. The van der Waals surface area contributed by atoms with Gasteiger partial charge in [-0.2, -0.15) is 5.10 Å². The molecule has 1 heterocycles. The number of nitro groups is 1. The topological polar surface area (TPSA) is 93.2 Å². The zero-order valence-corrected chi connectivity index (χ0v) is 11.4. The van der Waals surface area contributed by atoms with Gasteiger partial charge in [-0.15, -0.1) is 0 Å². The Hall–Kier alpha value is -1.63. The highest BCUT2D eigenvalue weighted by molar-refractivity contribution is 5.59. The van der Waals surface area contributed by atoms with Crippen molar-refractivity contribution in [3.8, 4) is 0 Å². The summed E-state index contributed by atoms with van der Waals surface area (Å²) in [5, 5.41) is 27.8. The molecule has 0 saturated carbocycles. The standard InChI is InChI=1S/C11H20N4O3/c1-7-9(15(17)18)10(14(5)13-7)12-6-8(16)11(2,3)4/h8,12,16H,6H2,1-5H3. The number of hydrogen-bond donors (Lipinski definition) is 2. The number of aromatic nitrogens is 2. The molecule has 102 valence electrons. The Balaban J connectivity index is 2.89. The number of aliphatic hydroxyl groups is 1. The van der Waals surface area contributed by atoms with Gasteiger partial charge < -0.3 is 10.4 Å². The largest absolute Gasteiger partial charge is 0.391 e. The molecule has 0 aliphatic carbocycles. The maximum absolute atomic E-state index is 10.9. The molecule has 0 spiro atoms.